The quantitative estimate of drug-likeness (QED) is 0.772. The van der Waals surface area contributed by atoms with Crippen LogP contribution in [0.3, 0.4) is 0 Å². The van der Waals surface area contributed by atoms with Crippen molar-refractivity contribution in [3.8, 4) is 0 Å². The second-order valence-corrected chi connectivity index (χ2v) is 4.49. The third-order valence-electron chi connectivity index (χ3n) is 2.06. The van der Waals surface area contributed by atoms with Crippen LogP contribution in [0.15, 0.2) is 28.7 Å². The predicted octanol–water partition coefficient (Wildman–Crippen LogP) is 3.30. The highest BCUT2D eigenvalue weighted by atomic mass is 79.9. The zero-order valence-corrected chi connectivity index (χ0v) is 10.3. The lowest BCUT2D eigenvalue weighted by molar-refractivity contribution is -0.118. The molecule has 0 radical (unpaired) electrons. The van der Waals surface area contributed by atoms with Gasteiger partial charge < -0.3 is 9.47 Å². The molecule has 0 spiro atoms. The van der Waals surface area contributed by atoms with Crippen molar-refractivity contribution in [2.45, 2.75) is 19.4 Å². The van der Waals surface area contributed by atoms with Gasteiger partial charge in [-0.2, -0.15) is 0 Å². The van der Waals surface area contributed by atoms with E-state index in [1.54, 1.807) is 7.11 Å². The Kier molecular flexibility index (Phi) is 4.11. The van der Waals surface area contributed by atoms with E-state index in [4.69, 9.17) is 9.47 Å². The molecule has 0 unspecified atom stereocenters. The molecule has 0 aliphatic carbocycles. The maximum Gasteiger partial charge on any atom is 0.147 e. The Labute approximate surface area is 93.4 Å². The molecular formula is C11H15BrO2. The maximum atomic E-state index is 5.58. The summed E-state index contributed by atoms with van der Waals surface area (Å²) >= 11 is 3.44. The van der Waals surface area contributed by atoms with Crippen molar-refractivity contribution < 1.29 is 9.47 Å². The minimum Gasteiger partial charge on any atom is -0.359 e. The monoisotopic (exact) mass is 258 g/mol. The molecule has 1 rings (SSSR count). The number of rotatable bonds is 4. The Bertz CT molecular complexity index is 297. The van der Waals surface area contributed by atoms with Crippen LogP contribution in [0.1, 0.15) is 19.4 Å². The summed E-state index contributed by atoms with van der Waals surface area (Å²) in [6.07, 6.45) is 0. The van der Waals surface area contributed by atoms with Crippen LogP contribution in [0.4, 0.5) is 0 Å². The minimum absolute atomic E-state index is 0.305. The first-order valence-corrected chi connectivity index (χ1v) is 5.24. The van der Waals surface area contributed by atoms with Gasteiger partial charge >= 0.3 is 0 Å². The molecule has 2 nitrogen and oxygen atoms in total. The molecule has 0 N–H and O–H groups in total. The van der Waals surface area contributed by atoms with Gasteiger partial charge in [0, 0.05) is 11.6 Å². The van der Waals surface area contributed by atoms with Gasteiger partial charge in [-0.3, -0.25) is 0 Å². The summed E-state index contributed by atoms with van der Waals surface area (Å²) in [5, 5.41) is 0. The van der Waals surface area contributed by atoms with Gasteiger partial charge in [0.05, 0.1) is 5.60 Å². The number of hydrogen-bond acceptors (Lipinski definition) is 2. The molecule has 0 aliphatic heterocycles. The van der Waals surface area contributed by atoms with Crippen LogP contribution in [-0.4, -0.2) is 13.9 Å². The molecule has 0 fully saturated rings. The SMILES string of the molecule is COCOC(C)(C)c1cccc(Br)c1. The molecule has 0 amide bonds. The normalized spacial score (nSPS) is 11.7. The van der Waals surface area contributed by atoms with Crippen molar-refractivity contribution in [3.63, 3.8) is 0 Å². The minimum atomic E-state index is -0.320. The molecule has 0 atom stereocenters. The fraction of sp³-hybridized carbons (Fsp3) is 0.455. The van der Waals surface area contributed by atoms with E-state index in [-0.39, 0.29) is 5.60 Å². The van der Waals surface area contributed by atoms with Crippen LogP contribution in [0.5, 0.6) is 0 Å². The van der Waals surface area contributed by atoms with Crippen LogP contribution < -0.4 is 0 Å². The Morgan fingerprint density at radius 1 is 1.36 bits per heavy atom. The second kappa shape index (κ2) is 4.91. The third kappa shape index (κ3) is 3.08. The lowest BCUT2D eigenvalue weighted by Crippen LogP contribution is -2.22. The average molecular weight is 259 g/mol. The van der Waals surface area contributed by atoms with E-state index in [2.05, 4.69) is 22.0 Å². The van der Waals surface area contributed by atoms with Crippen LogP contribution in [-0.2, 0) is 15.1 Å². The third-order valence-corrected chi connectivity index (χ3v) is 2.55. The molecule has 0 aromatic heterocycles. The average Bonchev–Trinajstić information content (AvgIpc) is 2.15. The first kappa shape index (κ1) is 11.7. The molecule has 0 bridgehead atoms. The highest BCUT2D eigenvalue weighted by Crippen LogP contribution is 2.26. The molecule has 0 saturated carbocycles. The van der Waals surface area contributed by atoms with Gasteiger partial charge in [-0.1, -0.05) is 28.1 Å². The molecule has 1 aromatic carbocycles. The van der Waals surface area contributed by atoms with E-state index in [0.717, 1.165) is 10.0 Å². The lowest BCUT2D eigenvalue weighted by atomic mass is 9.98. The largest absolute Gasteiger partial charge is 0.359 e. The van der Waals surface area contributed by atoms with Crippen molar-refractivity contribution in [1.29, 1.82) is 0 Å². The van der Waals surface area contributed by atoms with Crippen molar-refractivity contribution in [3.05, 3.63) is 34.3 Å². The highest BCUT2D eigenvalue weighted by Gasteiger charge is 2.20. The van der Waals surface area contributed by atoms with Crippen molar-refractivity contribution in [1.82, 2.24) is 0 Å². The van der Waals surface area contributed by atoms with Crippen molar-refractivity contribution >= 4 is 15.9 Å². The number of hydrogen-bond donors (Lipinski definition) is 0. The van der Waals surface area contributed by atoms with Gasteiger partial charge in [-0.15, -0.1) is 0 Å². The van der Waals surface area contributed by atoms with Gasteiger partial charge in [0.2, 0.25) is 0 Å². The van der Waals surface area contributed by atoms with Crippen molar-refractivity contribution in [2.24, 2.45) is 0 Å². The summed E-state index contributed by atoms with van der Waals surface area (Å²) in [6.45, 7) is 4.35. The van der Waals surface area contributed by atoms with Crippen LogP contribution in [0.25, 0.3) is 0 Å². The number of ether oxygens (including phenoxy) is 2. The summed E-state index contributed by atoms with van der Waals surface area (Å²) in [6, 6.07) is 8.09. The molecule has 0 saturated heterocycles. The maximum absolute atomic E-state index is 5.58. The fourth-order valence-corrected chi connectivity index (χ4v) is 1.55. The summed E-state index contributed by atoms with van der Waals surface area (Å²) in [5.74, 6) is 0. The Hall–Kier alpha value is -0.380. The molecule has 0 heterocycles. The van der Waals surface area contributed by atoms with Crippen LogP contribution >= 0.6 is 15.9 Å². The standard InChI is InChI=1S/C11H15BrO2/c1-11(2,14-8-13-3)9-5-4-6-10(12)7-9/h4-7H,8H2,1-3H3. The smallest absolute Gasteiger partial charge is 0.147 e. The molecule has 14 heavy (non-hydrogen) atoms. The lowest BCUT2D eigenvalue weighted by Gasteiger charge is -2.25. The summed E-state index contributed by atoms with van der Waals surface area (Å²) in [7, 11) is 1.62. The van der Waals surface area contributed by atoms with Gasteiger partial charge in [0.15, 0.2) is 0 Å². The number of benzene rings is 1. The van der Waals surface area contributed by atoms with E-state index in [1.807, 2.05) is 32.0 Å². The highest BCUT2D eigenvalue weighted by molar-refractivity contribution is 9.10. The topological polar surface area (TPSA) is 18.5 Å². The summed E-state index contributed by atoms with van der Waals surface area (Å²) < 4.78 is 11.5. The molecule has 1 aromatic rings. The van der Waals surface area contributed by atoms with Gasteiger partial charge in [-0.25, -0.2) is 0 Å². The number of methoxy groups -OCH3 is 1. The molecule has 78 valence electrons. The van der Waals surface area contributed by atoms with Gasteiger partial charge in [-0.05, 0) is 31.5 Å². The van der Waals surface area contributed by atoms with Crippen molar-refractivity contribution in [2.75, 3.05) is 13.9 Å². The van der Waals surface area contributed by atoms with Gasteiger partial charge in [0.1, 0.15) is 6.79 Å². The summed E-state index contributed by atoms with van der Waals surface area (Å²) in [5.41, 5.74) is 0.809. The van der Waals surface area contributed by atoms with E-state index in [1.165, 1.54) is 0 Å². The van der Waals surface area contributed by atoms with Gasteiger partial charge in [0.25, 0.3) is 0 Å². The zero-order chi connectivity index (χ0) is 10.6. The van der Waals surface area contributed by atoms with Crippen LogP contribution in [0.2, 0.25) is 0 Å². The fourth-order valence-electron chi connectivity index (χ4n) is 1.15. The Morgan fingerprint density at radius 3 is 2.64 bits per heavy atom. The Balaban J connectivity index is 2.80. The molecule has 3 heteroatoms. The van der Waals surface area contributed by atoms with E-state index >= 15 is 0 Å². The molecular weight excluding hydrogens is 244 g/mol. The van der Waals surface area contributed by atoms with E-state index in [9.17, 15) is 0 Å². The zero-order valence-electron chi connectivity index (χ0n) is 8.71. The summed E-state index contributed by atoms with van der Waals surface area (Å²) in [4.78, 5) is 0. The van der Waals surface area contributed by atoms with E-state index in [0.29, 0.717) is 6.79 Å². The predicted molar refractivity (Wildman–Crippen MR) is 60.1 cm³/mol. The van der Waals surface area contributed by atoms with Crippen LogP contribution in [0, 0.1) is 0 Å². The first-order chi connectivity index (χ1) is 6.56. The first-order valence-electron chi connectivity index (χ1n) is 4.45. The molecule has 0 aliphatic rings. The van der Waals surface area contributed by atoms with E-state index < -0.39 is 0 Å². The second-order valence-electron chi connectivity index (χ2n) is 3.57. The Morgan fingerprint density at radius 2 is 2.07 bits per heavy atom. The number of halogens is 1.